The molecule has 1 aliphatic rings. The minimum Gasteiger partial charge on any atom is -0.338 e. The molecule has 0 saturated carbocycles. The first-order valence-electron chi connectivity index (χ1n) is 6.60. The first-order chi connectivity index (χ1) is 9.16. The second-order valence-electron chi connectivity index (χ2n) is 4.77. The Bertz CT molecular complexity index is 465. The third-order valence-corrected chi connectivity index (χ3v) is 3.22. The summed E-state index contributed by atoms with van der Waals surface area (Å²) in [4.78, 5) is 14.1. The number of carbonyl (C=O) groups excluding carboxylic acids is 1. The van der Waals surface area contributed by atoms with Gasteiger partial charge < -0.3 is 10.2 Å². The number of halogens is 2. The molecule has 2 rings (SSSR count). The predicted octanol–water partition coefficient (Wildman–Crippen LogP) is 2.47. The molecule has 5 heteroatoms. The molecule has 0 atom stereocenters. The molecule has 0 spiro atoms. The molecule has 20 heavy (non-hydrogen) atoms. The van der Waals surface area contributed by atoms with Gasteiger partial charge in [-0.25, -0.2) is 4.39 Å². The van der Waals surface area contributed by atoms with Crippen LogP contribution in [0.25, 0.3) is 6.08 Å². The smallest absolute Gasteiger partial charge is 0.249 e. The van der Waals surface area contributed by atoms with Crippen molar-refractivity contribution in [2.24, 2.45) is 0 Å². The van der Waals surface area contributed by atoms with Crippen LogP contribution in [0.15, 0.2) is 29.8 Å². The predicted molar refractivity (Wildman–Crippen MR) is 81.4 cm³/mol. The summed E-state index contributed by atoms with van der Waals surface area (Å²) in [6.07, 6.45) is 2.79. The molecule has 1 saturated heterocycles. The van der Waals surface area contributed by atoms with Crippen LogP contribution < -0.4 is 5.32 Å². The van der Waals surface area contributed by atoms with Gasteiger partial charge in [-0.2, -0.15) is 0 Å². The second-order valence-corrected chi connectivity index (χ2v) is 4.77. The highest BCUT2D eigenvalue weighted by molar-refractivity contribution is 5.97. The van der Waals surface area contributed by atoms with Crippen molar-refractivity contribution < 1.29 is 9.18 Å². The fourth-order valence-electron chi connectivity index (χ4n) is 2.17. The molecule has 0 unspecified atom stereocenters. The van der Waals surface area contributed by atoms with Crippen molar-refractivity contribution in [3.8, 4) is 0 Å². The van der Waals surface area contributed by atoms with E-state index in [1.807, 2.05) is 11.8 Å². The number of carbonyl (C=O) groups is 1. The van der Waals surface area contributed by atoms with Gasteiger partial charge in [0.25, 0.3) is 0 Å². The van der Waals surface area contributed by atoms with Crippen molar-refractivity contribution in [3.63, 3.8) is 0 Å². The Morgan fingerprint density at radius 3 is 2.65 bits per heavy atom. The van der Waals surface area contributed by atoms with Crippen LogP contribution in [-0.2, 0) is 4.79 Å². The van der Waals surface area contributed by atoms with E-state index in [-0.39, 0.29) is 24.1 Å². The van der Waals surface area contributed by atoms with E-state index in [0.29, 0.717) is 5.57 Å². The van der Waals surface area contributed by atoms with E-state index in [1.54, 1.807) is 18.2 Å². The molecular weight excluding hydrogens is 279 g/mol. The van der Waals surface area contributed by atoms with E-state index >= 15 is 0 Å². The van der Waals surface area contributed by atoms with Crippen molar-refractivity contribution in [3.05, 3.63) is 41.2 Å². The highest BCUT2D eigenvalue weighted by Crippen LogP contribution is 2.11. The van der Waals surface area contributed by atoms with Crippen molar-refractivity contribution in [1.29, 1.82) is 0 Å². The number of amides is 1. The van der Waals surface area contributed by atoms with Gasteiger partial charge in [0.1, 0.15) is 5.82 Å². The van der Waals surface area contributed by atoms with Crippen LogP contribution in [0.3, 0.4) is 0 Å². The fourth-order valence-corrected chi connectivity index (χ4v) is 2.17. The van der Waals surface area contributed by atoms with E-state index in [4.69, 9.17) is 0 Å². The van der Waals surface area contributed by atoms with Crippen LogP contribution in [0.5, 0.6) is 0 Å². The molecule has 0 radical (unpaired) electrons. The summed E-state index contributed by atoms with van der Waals surface area (Å²) in [6, 6.07) is 6.16. The number of hydrogen-bond donors (Lipinski definition) is 1. The molecule has 3 nitrogen and oxygen atoms in total. The van der Waals surface area contributed by atoms with Gasteiger partial charge in [-0.3, -0.25) is 4.79 Å². The second kappa shape index (κ2) is 8.02. The Labute approximate surface area is 125 Å². The van der Waals surface area contributed by atoms with Gasteiger partial charge in [0.15, 0.2) is 0 Å². The average molecular weight is 299 g/mol. The Hall–Kier alpha value is -1.39. The van der Waals surface area contributed by atoms with Crippen molar-refractivity contribution in [2.45, 2.75) is 13.3 Å². The normalized spacial score (nSPS) is 16.3. The maximum absolute atomic E-state index is 12.8. The van der Waals surface area contributed by atoms with Crippen LogP contribution in [0.4, 0.5) is 4.39 Å². The Morgan fingerprint density at radius 2 is 1.95 bits per heavy atom. The van der Waals surface area contributed by atoms with E-state index in [0.717, 1.165) is 38.2 Å². The minimum absolute atomic E-state index is 0. The zero-order valence-corrected chi connectivity index (χ0v) is 12.4. The van der Waals surface area contributed by atoms with Gasteiger partial charge in [-0.1, -0.05) is 12.1 Å². The zero-order valence-electron chi connectivity index (χ0n) is 11.6. The molecule has 1 heterocycles. The van der Waals surface area contributed by atoms with Crippen molar-refractivity contribution in [2.75, 3.05) is 26.2 Å². The molecule has 1 aromatic carbocycles. The maximum Gasteiger partial charge on any atom is 0.249 e. The number of hydrogen-bond acceptors (Lipinski definition) is 2. The fraction of sp³-hybridized carbons (Fsp3) is 0.400. The third-order valence-electron chi connectivity index (χ3n) is 3.22. The average Bonchev–Trinajstić information content (AvgIpc) is 2.69. The van der Waals surface area contributed by atoms with Gasteiger partial charge in [0.05, 0.1) is 0 Å². The van der Waals surface area contributed by atoms with Gasteiger partial charge in [0, 0.05) is 25.2 Å². The maximum atomic E-state index is 12.8. The van der Waals surface area contributed by atoms with Gasteiger partial charge in [0.2, 0.25) is 5.91 Å². The monoisotopic (exact) mass is 298 g/mol. The number of rotatable bonds is 2. The Balaban J connectivity index is 0.00000200. The SMILES string of the molecule is CC(=Cc1ccc(F)cc1)C(=O)N1CCCNCC1.Cl. The molecule has 1 aromatic rings. The van der Waals surface area contributed by atoms with Gasteiger partial charge >= 0.3 is 0 Å². The molecule has 0 bridgehead atoms. The largest absolute Gasteiger partial charge is 0.338 e. The summed E-state index contributed by atoms with van der Waals surface area (Å²) in [5.74, 6) is -0.201. The van der Waals surface area contributed by atoms with Crippen molar-refractivity contribution >= 4 is 24.4 Å². The molecule has 0 aliphatic carbocycles. The standard InChI is InChI=1S/C15H19FN2O.ClH/c1-12(11-13-3-5-14(16)6-4-13)15(19)18-9-2-7-17-8-10-18;/h3-6,11,17H,2,7-10H2,1H3;1H. The van der Waals surface area contributed by atoms with Crippen molar-refractivity contribution in [1.82, 2.24) is 10.2 Å². The van der Waals surface area contributed by atoms with Crippen LogP contribution in [0, 0.1) is 5.82 Å². The quantitative estimate of drug-likeness (QED) is 0.851. The highest BCUT2D eigenvalue weighted by Gasteiger charge is 2.16. The number of benzene rings is 1. The molecule has 0 aromatic heterocycles. The lowest BCUT2D eigenvalue weighted by Crippen LogP contribution is -2.34. The first kappa shape index (κ1) is 16.7. The topological polar surface area (TPSA) is 32.3 Å². The lowest BCUT2D eigenvalue weighted by atomic mass is 10.1. The summed E-state index contributed by atoms with van der Waals surface area (Å²) in [6.45, 7) is 5.15. The summed E-state index contributed by atoms with van der Waals surface area (Å²) in [5, 5.41) is 3.27. The van der Waals surface area contributed by atoms with Gasteiger partial charge in [-0.05, 0) is 43.7 Å². The highest BCUT2D eigenvalue weighted by atomic mass is 35.5. The minimum atomic E-state index is -0.264. The molecule has 1 N–H and O–H groups in total. The van der Waals surface area contributed by atoms with Crippen LogP contribution in [-0.4, -0.2) is 37.0 Å². The molecule has 110 valence electrons. The zero-order chi connectivity index (χ0) is 13.7. The number of nitrogens with zero attached hydrogens (tertiary/aromatic N) is 1. The summed E-state index contributed by atoms with van der Waals surface area (Å²) < 4.78 is 12.8. The lowest BCUT2D eigenvalue weighted by molar-refractivity contribution is -0.126. The van der Waals surface area contributed by atoms with E-state index in [9.17, 15) is 9.18 Å². The van der Waals surface area contributed by atoms with E-state index in [1.165, 1.54) is 12.1 Å². The van der Waals surface area contributed by atoms with Gasteiger partial charge in [-0.15, -0.1) is 12.4 Å². The molecule has 1 fully saturated rings. The number of nitrogens with one attached hydrogen (secondary N) is 1. The summed E-state index contributed by atoms with van der Waals surface area (Å²) in [5.41, 5.74) is 1.54. The molecule has 1 amide bonds. The first-order valence-corrected chi connectivity index (χ1v) is 6.60. The van der Waals surface area contributed by atoms with Crippen LogP contribution >= 0.6 is 12.4 Å². The van der Waals surface area contributed by atoms with Crippen LogP contribution in [0.2, 0.25) is 0 Å². The summed E-state index contributed by atoms with van der Waals surface area (Å²) in [7, 11) is 0. The summed E-state index contributed by atoms with van der Waals surface area (Å²) >= 11 is 0. The third kappa shape index (κ3) is 4.62. The molecule has 1 aliphatic heterocycles. The lowest BCUT2D eigenvalue weighted by Gasteiger charge is -2.20. The van der Waals surface area contributed by atoms with E-state index < -0.39 is 0 Å². The Kier molecular flexibility index (Phi) is 6.68. The Morgan fingerprint density at radius 1 is 1.25 bits per heavy atom. The van der Waals surface area contributed by atoms with E-state index in [2.05, 4.69) is 5.32 Å². The van der Waals surface area contributed by atoms with Crippen LogP contribution in [0.1, 0.15) is 18.9 Å². The molecular formula is C15H20ClFN2O.